The van der Waals surface area contributed by atoms with Crippen LogP contribution in [-0.2, 0) is 7.05 Å². The number of nitrogens with zero attached hydrogens (tertiary/aromatic N) is 4. The third kappa shape index (κ3) is 4.36. The fourth-order valence-corrected chi connectivity index (χ4v) is 2.58. The predicted molar refractivity (Wildman–Crippen MR) is 99.3 cm³/mol. The monoisotopic (exact) mass is 390 g/mol. The molecule has 2 aromatic heterocycles. The van der Waals surface area contributed by atoms with E-state index < -0.39 is 12.5 Å². The predicted octanol–water partition coefficient (Wildman–Crippen LogP) is 3.07. The van der Waals surface area contributed by atoms with Crippen molar-refractivity contribution in [1.82, 2.24) is 19.3 Å². The van der Waals surface area contributed by atoms with Gasteiger partial charge in [-0.1, -0.05) is 0 Å². The van der Waals surface area contributed by atoms with E-state index in [1.165, 1.54) is 22.8 Å². The van der Waals surface area contributed by atoms with E-state index in [1.54, 1.807) is 43.0 Å². The molecular weight excluding hydrogens is 370 g/mol. The summed E-state index contributed by atoms with van der Waals surface area (Å²) in [5.74, 6) is -2.65. The first-order valence-electron chi connectivity index (χ1n) is 8.65. The number of hydrogen-bond donors (Lipinski definition) is 0. The van der Waals surface area contributed by atoms with Gasteiger partial charge in [0.15, 0.2) is 6.61 Å². The molecular formula is C19H20F2N4O3. The number of ether oxygens (including phenoxy) is 2. The van der Waals surface area contributed by atoms with Gasteiger partial charge in [0.25, 0.3) is 11.5 Å². The zero-order chi connectivity index (χ0) is 20.3. The lowest BCUT2D eigenvalue weighted by Gasteiger charge is -2.15. The number of aromatic nitrogens is 4. The quantitative estimate of drug-likeness (QED) is 0.620. The number of aryl methyl sites for hydroxylation is 1. The van der Waals surface area contributed by atoms with Crippen LogP contribution < -0.4 is 15.0 Å². The Kier molecular flexibility index (Phi) is 5.43. The summed E-state index contributed by atoms with van der Waals surface area (Å²) in [6, 6.07) is 9.45. The van der Waals surface area contributed by atoms with E-state index in [4.69, 9.17) is 9.47 Å². The van der Waals surface area contributed by atoms with Crippen LogP contribution in [0.4, 0.5) is 8.78 Å². The maximum atomic E-state index is 12.9. The number of alkyl halides is 2. The highest BCUT2D eigenvalue weighted by Gasteiger charge is 2.22. The summed E-state index contributed by atoms with van der Waals surface area (Å²) in [5, 5.41) is 4.08. The molecule has 1 aromatic carbocycles. The van der Waals surface area contributed by atoms with Gasteiger partial charge in [0.2, 0.25) is 0 Å². The largest absolute Gasteiger partial charge is 0.487 e. The highest BCUT2D eigenvalue weighted by molar-refractivity contribution is 5.54. The molecule has 3 rings (SSSR count). The average Bonchev–Trinajstić information content (AvgIpc) is 3.06. The zero-order valence-corrected chi connectivity index (χ0v) is 15.7. The van der Waals surface area contributed by atoms with Gasteiger partial charge in [-0.05, 0) is 37.3 Å². The molecule has 28 heavy (non-hydrogen) atoms. The third-order valence-corrected chi connectivity index (χ3v) is 3.83. The molecule has 0 radical (unpaired) electrons. The van der Waals surface area contributed by atoms with Crippen molar-refractivity contribution in [3.05, 3.63) is 52.9 Å². The van der Waals surface area contributed by atoms with Gasteiger partial charge in [0.05, 0.1) is 23.7 Å². The van der Waals surface area contributed by atoms with Crippen LogP contribution in [0.25, 0.3) is 17.1 Å². The molecule has 0 aliphatic heterocycles. The molecule has 0 spiro atoms. The Labute approximate surface area is 160 Å². The second kappa shape index (κ2) is 7.79. The zero-order valence-electron chi connectivity index (χ0n) is 15.7. The highest BCUT2D eigenvalue weighted by Crippen LogP contribution is 2.22. The maximum Gasteiger partial charge on any atom is 0.304 e. The summed E-state index contributed by atoms with van der Waals surface area (Å²) in [4.78, 5) is 17.2. The molecule has 0 atom stereocenters. The van der Waals surface area contributed by atoms with Crippen molar-refractivity contribution in [2.45, 2.75) is 19.8 Å². The minimum atomic E-state index is -2.93. The number of halogens is 2. The Morgan fingerprint density at radius 2 is 1.86 bits per heavy atom. The fourth-order valence-electron chi connectivity index (χ4n) is 2.58. The summed E-state index contributed by atoms with van der Waals surface area (Å²) in [6.07, 6.45) is 1.61. The van der Waals surface area contributed by atoms with Crippen LogP contribution in [0.1, 0.15) is 13.8 Å². The van der Waals surface area contributed by atoms with E-state index in [9.17, 15) is 13.6 Å². The van der Waals surface area contributed by atoms with Crippen LogP contribution in [0.5, 0.6) is 11.8 Å². The number of hydrogen-bond acceptors (Lipinski definition) is 5. The minimum Gasteiger partial charge on any atom is -0.487 e. The molecule has 0 bridgehead atoms. The summed E-state index contributed by atoms with van der Waals surface area (Å²) >= 11 is 0. The Hall–Kier alpha value is -3.23. The second-order valence-electron chi connectivity index (χ2n) is 6.22. The summed E-state index contributed by atoms with van der Waals surface area (Å²) in [7, 11) is 1.75. The van der Waals surface area contributed by atoms with Gasteiger partial charge in [0.1, 0.15) is 5.75 Å². The number of rotatable bonds is 7. The number of benzene rings is 1. The van der Waals surface area contributed by atoms with Crippen molar-refractivity contribution in [3.63, 3.8) is 0 Å². The van der Waals surface area contributed by atoms with Gasteiger partial charge in [-0.2, -0.15) is 10.1 Å². The molecule has 0 amide bonds. The second-order valence-corrected chi connectivity index (χ2v) is 6.22. The molecule has 7 nitrogen and oxygen atoms in total. The summed E-state index contributed by atoms with van der Waals surface area (Å²) < 4.78 is 39.4. The third-order valence-electron chi connectivity index (χ3n) is 3.83. The van der Waals surface area contributed by atoms with Crippen LogP contribution >= 0.6 is 0 Å². The van der Waals surface area contributed by atoms with Gasteiger partial charge >= 0.3 is 6.01 Å². The van der Waals surface area contributed by atoms with Gasteiger partial charge in [-0.15, -0.1) is 0 Å². The van der Waals surface area contributed by atoms with Gasteiger partial charge in [-0.25, -0.2) is 13.3 Å². The lowest BCUT2D eigenvalue weighted by Crippen LogP contribution is -2.22. The fraction of sp³-hybridized carbons (Fsp3) is 0.316. The van der Waals surface area contributed by atoms with Gasteiger partial charge < -0.3 is 9.47 Å². The topological polar surface area (TPSA) is 71.2 Å². The first kappa shape index (κ1) is 19.5. The van der Waals surface area contributed by atoms with Crippen LogP contribution in [-0.4, -0.2) is 38.5 Å². The molecule has 2 heterocycles. The molecule has 0 fully saturated rings. The van der Waals surface area contributed by atoms with E-state index in [-0.39, 0.29) is 17.3 Å². The lowest BCUT2D eigenvalue weighted by molar-refractivity contribution is -0.0229. The Bertz CT molecular complexity index is 1010. The first-order chi connectivity index (χ1) is 13.3. The molecule has 9 heteroatoms. The van der Waals surface area contributed by atoms with Gasteiger partial charge in [-0.3, -0.25) is 9.48 Å². The Morgan fingerprint density at radius 3 is 2.43 bits per heavy atom. The van der Waals surface area contributed by atoms with Crippen LogP contribution in [0.3, 0.4) is 0 Å². The molecule has 3 aromatic rings. The lowest BCUT2D eigenvalue weighted by atomic mass is 10.2. The molecule has 0 unspecified atom stereocenters. The van der Waals surface area contributed by atoms with Crippen LogP contribution in [0.15, 0.2) is 47.4 Å². The standard InChI is InChI=1S/C19H20F2N4O3/c1-4-27-18-23-15(16-9-10-22-24(16)3)11-17(26)25(18)13-5-7-14(8-6-13)28-12-19(2,20)21/h5-11H,4,12H2,1-3H3. The Morgan fingerprint density at radius 1 is 1.14 bits per heavy atom. The summed E-state index contributed by atoms with van der Waals surface area (Å²) in [5.41, 5.74) is 1.25. The molecule has 0 saturated heterocycles. The van der Waals surface area contributed by atoms with Crippen LogP contribution in [0.2, 0.25) is 0 Å². The van der Waals surface area contributed by atoms with Crippen molar-refractivity contribution in [1.29, 1.82) is 0 Å². The molecule has 0 N–H and O–H groups in total. The molecule has 0 saturated carbocycles. The van der Waals surface area contributed by atoms with Crippen LogP contribution in [0, 0.1) is 0 Å². The first-order valence-corrected chi connectivity index (χ1v) is 8.65. The minimum absolute atomic E-state index is 0.125. The highest BCUT2D eigenvalue weighted by atomic mass is 19.3. The van der Waals surface area contributed by atoms with E-state index in [2.05, 4.69) is 10.1 Å². The van der Waals surface area contributed by atoms with Crippen molar-refractivity contribution < 1.29 is 18.3 Å². The van der Waals surface area contributed by atoms with E-state index in [0.717, 1.165) is 6.92 Å². The molecule has 0 aliphatic rings. The molecule has 148 valence electrons. The Balaban J connectivity index is 1.97. The van der Waals surface area contributed by atoms with Gasteiger partial charge in [0, 0.05) is 26.2 Å². The maximum absolute atomic E-state index is 12.9. The normalized spacial score (nSPS) is 11.5. The SMILES string of the molecule is CCOc1nc(-c2ccnn2C)cc(=O)n1-c1ccc(OCC(C)(F)F)cc1. The van der Waals surface area contributed by atoms with Crippen molar-refractivity contribution in [2.24, 2.45) is 7.05 Å². The summed E-state index contributed by atoms with van der Waals surface area (Å²) in [6.45, 7) is 2.16. The van der Waals surface area contributed by atoms with E-state index in [0.29, 0.717) is 23.7 Å². The van der Waals surface area contributed by atoms with E-state index >= 15 is 0 Å². The van der Waals surface area contributed by atoms with E-state index in [1.807, 2.05) is 0 Å². The van der Waals surface area contributed by atoms with Crippen molar-refractivity contribution in [3.8, 4) is 28.8 Å². The smallest absolute Gasteiger partial charge is 0.304 e. The van der Waals surface area contributed by atoms with Crippen molar-refractivity contribution in [2.75, 3.05) is 13.2 Å². The average molecular weight is 390 g/mol. The van der Waals surface area contributed by atoms with Crippen molar-refractivity contribution >= 4 is 0 Å². The molecule has 0 aliphatic carbocycles.